The molecular formula is C12H13Br2N3. The van der Waals surface area contributed by atoms with Gasteiger partial charge >= 0.3 is 0 Å². The molecule has 2 heterocycles. The molecule has 5 heteroatoms. The number of nitrogens with one attached hydrogen (secondary N) is 1. The summed E-state index contributed by atoms with van der Waals surface area (Å²) in [6, 6.07) is 4.11. The van der Waals surface area contributed by atoms with Gasteiger partial charge in [-0.25, -0.2) is 4.98 Å². The normalized spacial score (nSPS) is 20.4. The summed E-state index contributed by atoms with van der Waals surface area (Å²) in [5, 5.41) is 0. The maximum Gasteiger partial charge on any atom is 0.203 e. The Kier molecular flexibility index (Phi) is 2.91. The fourth-order valence-corrected chi connectivity index (χ4v) is 2.94. The van der Waals surface area contributed by atoms with E-state index >= 15 is 0 Å². The molecule has 1 N–H and O–H groups in total. The molecule has 0 aliphatic carbocycles. The van der Waals surface area contributed by atoms with E-state index in [1.54, 1.807) is 0 Å². The molecule has 1 fully saturated rings. The van der Waals surface area contributed by atoms with Crippen molar-refractivity contribution in [3.05, 3.63) is 21.1 Å². The van der Waals surface area contributed by atoms with Crippen LogP contribution in [0.15, 0.2) is 21.1 Å². The number of imidazole rings is 1. The predicted molar refractivity (Wildman–Crippen MR) is 77.5 cm³/mol. The Hall–Kier alpha value is -0.550. The summed E-state index contributed by atoms with van der Waals surface area (Å²) in [7, 11) is 0. The van der Waals surface area contributed by atoms with Crippen LogP contribution < -0.4 is 4.90 Å². The van der Waals surface area contributed by atoms with Gasteiger partial charge < -0.3 is 9.88 Å². The Bertz CT molecular complexity index is 525. The summed E-state index contributed by atoms with van der Waals surface area (Å²) in [4.78, 5) is 10.4. The molecule has 1 unspecified atom stereocenters. The number of hydrogen-bond donors (Lipinski definition) is 1. The number of H-pyrrole nitrogens is 1. The van der Waals surface area contributed by atoms with Crippen molar-refractivity contribution in [2.45, 2.75) is 13.3 Å². The number of hydrogen-bond acceptors (Lipinski definition) is 2. The van der Waals surface area contributed by atoms with Crippen LogP contribution >= 0.6 is 31.9 Å². The lowest BCUT2D eigenvalue weighted by Crippen LogP contribution is -2.20. The number of nitrogens with zero attached hydrogens (tertiary/aromatic N) is 2. The maximum atomic E-state index is 4.65. The van der Waals surface area contributed by atoms with E-state index in [9.17, 15) is 0 Å². The lowest BCUT2D eigenvalue weighted by molar-refractivity contribution is 0.658. The quantitative estimate of drug-likeness (QED) is 0.837. The van der Waals surface area contributed by atoms with Crippen molar-refractivity contribution in [3.63, 3.8) is 0 Å². The molecule has 90 valence electrons. The highest BCUT2D eigenvalue weighted by molar-refractivity contribution is 9.13. The van der Waals surface area contributed by atoms with Gasteiger partial charge in [-0.05, 0) is 56.3 Å². The minimum absolute atomic E-state index is 0.765. The standard InChI is InChI=1S/C12H13Br2N3/c1-7-2-3-17(6-7)12-15-10-4-8(13)9(14)5-11(10)16-12/h4-5,7H,2-3,6H2,1H3,(H,15,16). The molecule has 1 aliphatic rings. The highest BCUT2D eigenvalue weighted by atomic mass is 79.9. The third-order valence-corrected chi connectivity index (χ3v) is 5.08. The van der Waals surface area contributed by atoms with Crippen LogP contribution in [0.1, 0.15) is 13.3 Å². The zero-order valence-electron chi connectivity index (χ0n) is 9.50. The van der Waals surface area contributed by atoms with Crippen LogP contribution in [-0.2, 0) is 0 Å². The van der Waals surface area contributed by atoms with Gasteiger partial charge in [0.15, 0.2) is 0 Å². The lowest BCUT2D eigenvalue weighted by atomic mass is 10.2. The largest absolute Gasteiger partial charge is 0.342 e. The molecule has 1 aromatic carbocycles. The maximum absolute atomic E-state index is 4.65. The first-order valence-corrected chi connectivity index (χ1v) is 7.32. The summed E-state index contributed by atoms with van der Waals surface area (Å²) >= 11 is 7.01. The van der Waals surface area contributed by atoms with Crippen LogP contribution in [-0.4, -0.2) is 23.1 Å². The Balaban J connectivity index is 2.02. The average Bonchev–Trinajstić information content (AvgIpc) is 2.85. The molecule has 2 aromatic rings. The molecule has 0 spiro atoms. The summed E-state index contributed by atoms with van der Waals surface area (Å²) in [6.45, 7) is 4.49. The molecule has 0 radical (unpaired) electrons. The highest BCUT2D eigenvalue weighted by Gasteiger charge is 2.21. The monoisotopic (exact) mass is 357 g/mol. The number of rotatable bonds is 1. The number of benzene rings is 1. The zero-order chi connectivity index (χ0) is 12.0. The predicted octanol–water partition coefficient (Wildman–Crippen LogP) is 3.93. The van der Waals surface area contributed by atoms with Crippen molar-refractivity contribution in [1.29, 1.82) is 0 Å². The van der Waals surface area contributed by atoms with Crippen molar-refractivity contribution >= 4 is 48.8 Å². The Morgan fingerprint density at radius 2 is 2.12 bits per heavy atom. The fourth-order valence-electron chi connectivity index (χ4n) is 2.27. The fraction of sp³-hybridized carbons (Fsp3) is 0.417. The van der Waals surface area contributed by atoms with Crippen LogP contribution in [0.4, 0.5) is 5.95 Å². The lowest BCUT2D eigenvalue weighted by Gasteiger charge is -2.13. The number of aromatic nitrogens is 2. The van der Waals surface area contributed by atoms with E-state index in [1.165, 1.54) is 6.42 Å². The van der Waals surface area contributed by atoms with Gasteiger partial charge in [0.05, 0.1) is 11.0 Å². The van der Waals surface area contributed by atoms with Crippen molar-refractivity contribution in [1.82, 2.24) is 9.97 Å². The molecule has 3 nitrogen and oxygen atoms in total. The van der Waals surface area contributed by atoms with Gasteiger partial charge in [-0.15, -0.1) is 0 Å². The van der Waals surface area contributed by atoms with E-state index in [4.69, 9.17) is 0 Å². The van der Waals surface area contributed by atoms with E-state index in [1.807, 2.05) is 6.07 Å². The first-order chi connectivity index (χ1) is 8.13. The van der Waals surface area contributed by atoms with Gasteiger partial charge in [0.1, 0.15) is 0 Å². The minimum Gasteiger partial charge on any atom is -0.342 e. The average molecular weight is 359 g/mol. The van der Waals surface area contributed by atoms with Crippen LogP contribution in [0.3, 0.4) is 0 Å². The van der Waals surface area contributed by atoms with Crippen LogP contribution in [0, 0.1) is 5.92 Å². The molecule has 0 saturated carbocycles. The van der Waals surface area contributed by atoms with Gasteiger partial charge in [0, 0.05) is 22.0 Å². The number of anilines is 1. The van der Waals surface area contributed by atoms with E-state index in [0.29, 0.717) is 0 Å². The second-order valence-corrected chi connectivity index (χ2v) is 6.39. The van der Waals surface area contributed by atoms with Crippen molar-refractivity contribution < 1.29 is 0 Å². The Labute approximate surface area is 117 Å². The van der Waals surface area contributed by atoms with E-state index in [-0.39, 0.29) is 0 Å². The molecule has 1 atom stereocenters. The van der Waals surface area contributed by atoms with Gasteiger partial charge in [-0.1, -0.05) is 6.92 Å². The first kappa shape index (κ1) is 11.5. The van der Waals surface area contributed by atoms with Crippen LogP contribution in [0.2, 0.25) is 0 Å². The summed E-state index contributed by atoms with van der Waals surface area (Å²) < 4.78 is 2.09. The second-order valence-electron chi connectivity index (χ2n) is 4.68. The van der Waals surface area contributed by atoms with Crippen molar-refractivity contribution in [2.75, 3.05) is 18.0 Å². The Morgan fingerprint density at radius 3 is 2.82 bits per heavy atom. The third-order valence-electron chi connectivity index (χ3n) is 3.23. The van der Waals surface area contributed by atoms with E-state index in [2.05, 4.69) is 59.7 Å². The summed E-state index contributed by atoms with van der Waals surface area (Å²) in [5.41, 5.74) is 2.09. The van der Waals surface area contributed by atoms with Crippen LogP contribution in [0.25, 0.3) is 11.0 Å². The third kappa shape index (κ3) is 2.10. The van der Waals surface area contributed by atoms with Crippen molar-refractivity contribution in [3.8, 4) is 0 Å². The van der Waals surface area contributed by atoms with Crippen LogP contribution in [0.5, 0.6) is 0 Å². The highest BCUT2D eigenvalue weighted by Crippen LogP contribution is 2.30. The van der Waals surface area contributed by atoms with Gasteiger partial charge in [0.25, 0.3) is 0 Å². The molecule has 17 heavy (non-hydrogen) atoms. The van der Waals surface area contributed by atoms with Gasteiger partial charge in [0.2, 0.25) is 5.95 Å². The number of aromatic amines is 1. The second kappa shape index (κ2) is 4.28. The topological polar surface area (TPSA) is 31.9 Å². The Morgan fingerprint density at radius 1 is 1.35 bits per heavy atom. The number of halogens is 2. The van der Waals surface area contributed by atoms with Gasteiger partial charge in [-0.3, -0.25) is 0 Å². The minimum atomic E-state index is 0.765. The molecule has 1 aromatic heterocycles. The summed E-state index contributed by atoms with van der Waals surface area (Å²) in [6.07, 6.45) is 1.25. The van der Waals surface area contributed by atoms with Crippen molar-refractivity contribution in [2.24, 2.45) is 5.92 Å². The molecular weight excluding hydrogens is 346 g/mol. The SMILES string of the molecule is CC1CCN(c2nc3cc(Br)c(Br)cc3[nH]2)C1. The number of fused-ring (bicyclic) bond motifs is 1. The molecule has 1 aliphatic heterocycles. The molecule has 1 saturated heterocycles. The smallest absolute Gasteiger partial charge is 0.203 e. The first-order valence-electron chi connectivity index (χ1n) is 5.73. The summed E-state index contributed by atoms with van der Waals surface area (Å²) in [5.74, 6) is 1.76. The van der Waals surface area contributed by atoms with E-state index in [0.717, 1.165) is 44.9 Å². The molecule has 3 rings (SSSR count). The molecule has 0 bridgehead atoms. The van der Waals surface area contributed by atoms with E-state index < -0.39 is 0 Å². The van der Waals surface area contributed by atoms with Gasteiger partial charge in [-0.2, -0.15) is 0 Å². The zero-order valence-corrected chi connectivity index (χ0v) is 12.7. The molecule has 0 amide bonds.